The lowest BCUT2D eigenvalue weighted by Gasteiger charge is -2.07. The van der Waals surface area contributed by atoms with E-state index < -0.39 is 0 Å². The van der Waals surface area contributed by atoms with E-state index >= 15 is 0 Å². The molecule has 2 aromatic rings. The summed E-state index contributed by atoms with van der Waals surface area (Å²) >= 11 is 0. The van der Waals surface area contributed by atoms with Crippen LogP contribution in [0.4, 0.5) is 0 Å². The summed E-state index contributed by atoms with van der Waals surface area (Å²) in [6.07, 6.45) is 2.24. The third-order valence-corrected chi connectivity index (χ3v) is 3.39. The monoisotopic (exact) mass is 213 g/mol. The number of aromatic nitrogens is 1. The molecular weight excluding hydrogens is 194 g/mol. The second-order valence-electron chi connectivity index (χ2n) is 4.64. The van der Waals surface area contributed by atoms with Gasteiger partial charge < -0.3 is 4.57 Å². The van der Waals surface area contributed by atoms with Crippen molar-refractivity contribution >= 4 is 0 Å². The molecule has 0 spiro atoms. The molecule has 0 fully saturated rings. The number of benzene rings is 1. The molecule has 1 aromatic carbocycles. The van der Waals surface area contributed by atoms with E-state index in [2.05, 4.69) is 62.7 Å². The van der Waals surface area contributed by atoms with Gasteiger partial charge in [-0.2, -0.15) is 0 Å². The maximum Gasteiger partial charge on any atom is 0.0472 e. The summed E-state index contributed by atoms with van der Waals surface area (Å²) in [5.74, 6) is 0. The molecule has 0 radical (unpaired) electrons. The molecule has 1 nitrogen and oxygen atoms in total. The summed E-state index contributed by atoms with van der Waals surface area (Å²) < 4.78 is 2.33. The number of hydrogen-bond acceptors (Lipinski definition) is 0. The SMILES string of the molecule is Cc1ccc(Cn2cc(C)c(C)c2C)cc1. The fourth-order valence-corrected chi connectivity index (χ4v) is 1.98. The largest absolute Gasteiger partial charge is 0.347 e. The van der Waals surface area contributed by atoms with Gasteiger partial charge in [0.1, 0.15) is 0 Å². The topological polar surface area (TPSA) is 4.93 Å². The van der Waals surface area contributed by atoms with Gasteiger partial charge in [0.15, 0.2) is 0 Å². The van der Waals surface area contributed by atoms with Gasteiger partial charge in [-0.1, -0.05) is 29.8 Å². The summed E-state index contributed by atoms with van der Waals surface area (Å²) in [7, 11) is 0. The minimum atomic E-state index is 0.973. The fourth-order valence-electron chi connectivity index (χ4n) is 1.98. The highest BCUT2D eigenvalue weighted by Gasteiger charge is 2.05. The maximum atomic E-state index is 2.33. The van der Waals surface area contributed by atoms with E-state index in [0.717, 1.165) is 6.54 Å². The molecule has 2 rings (SSSR count). The first-order chi connectivity index (χ1) is 7.58. The van der Waals surface area contributed by atoms with Crippen molar-refractivity contribution < 1.29 is 0 Å². The van der Waals surface area contributed by atoms with Crippen molar-refractivity contribution in [2.45, 2.75) is 34.2 Å². The third kappa shape index (κ3) is 2.04. The normalized spacial score (nSPS) is 10.8. The second kappa shape index (κ2) is 4.17. The summed E-state index contributed by atoms with van der Waals surface area (Å²) in [6.45, 7) is 9.65. The number of nitrogens with zero attached hydrogens (tertiary/aromatic N) is 1. The van der Waals surface area contributed by atoms with Gasteiger partial charge in [-0.05, 0) is 44.4 Å². The summed E-state index contributed by atoms with van der Waals surface area (Å²) in [6, 6.07) is 8.76. The summed E-state index contributed by atoms with van der Waals surface area (Å²) in [5.41, 5.74) is 6.85. The van der Waals surface area contributed by atoms with Crippen molar-refractivity contribution in [1.82, 2.24) is 4.57 Å². The Morgan fingerprint density at radius 2 is 1.56 bits per heavy atom. The van der Waals surface area contributed by atoms with Crippen LogP contribution in [0, 0.1) is 27.7 Å². The molecule has 1 heteroatoms. The van der Waals surface area contributed by atoms with Crippen molar-refractivity contribution in [2.24, 2.45) is 0 Å². The lowest BCUT2D eigenvalue weighted by Crippen LogP contribution is -2.00. The molecule has 0 amide bonds. The molecule has 1 aromatic heterocycles. The molecule has 0 N–H and O–H groups in total. The van der Waals surface area contributed by atoms with Crippen LogP contribution in [0.1, 0.15) is 27.9 Å². The molecule has 1 heterocycles. The zero-order chi connectivity index (χ0) is 11.7. The van der Waals surface area contributed by atoms with Gasteiger partial charge in [-0.25, -0.2) is 0 Å². The molecule has 84 valence electrons. The van der Waals surface area contributed by atoms with Gasteiger partial charge in [-0.3, -0.25) is 0 Å². The standard InChI is InChI=1S/C15H19N/c1-11-5-7-15(8-6-11)10-16-9-12(2)13(3)14(16)4/h5-9H,10H2,1-4H3. The molecule has 0 saturated carbocycles. The van der Waals surface area contributed by atoms with Gasteiger partial charge in [-0.15, -0.1) is 0 Å². The van der Waals surface area contributed by atoms with Crippen molar-refractivity contribution in [3.05, 3.63) is 58.4 Å². The van der Waals surface area contributed by atoms with Gasteiger partial charge in [0, 0.05) is 18.4 Å². The highest BCUT2D eigenvalue weighted by molar-refractivity contribution is 5.30. The van der Waals surface area contributed by atoms with Gasteiger partial charge in [0.2, 0.25) is 0 Å². The van der Waals surface area contributed by atoms with Crippen LogP contribution in [-0.2, 0) is 6.54 Å². The molecule has 0 bridgehead atoms. The second-order valence-corrected chi connectivity index (χ2v) is 4.64. The van der Waals surface area contributed by atoms with Crippen molar-refractivity contribution in [2.75, 3.05) is 0 Å². The van der Waals surface area contributed by atoms with E-state index in [1.807, 2.05) is 0 Å². The third-order valence-electron chi connectivity index (χ3n) is 3.39. The molecule has 0 aliphatic carbocycles. The first-order valence-corrected chi connectivity index (χ1v) is 5.76. The average molecular weight is 213 g/mol. The molecule has 0 aliphatic heterocycles. The first kappa shape index (κ1) is 11.0. The quantitative estimate of drug-likeness (QED) is 0.715. The predicted molar refractivity (Wildman–Crippen MR) is 68.9 cm³/mol. The Kier molecular flexibility index (Phi) is 2.86. The molecular formula is C15H19N. The molecule has 16 heavy (non-hydrogen) atoms. The molecule has 0 unspecified atom stereocenters. The number of rotatable bonds is 2. The van der Waals surface area contributed by atoms with E-state index in [4.69, 9.17) is 0 Å². The van der Waals surface area contributed by atoms with Crippen LogP contribution >= 0.6 is 0 Å². The fraction of sp³-hybridized carbons (Fsp3) is 0.333. The van der Waals surface area contributed by atoms with Crippen LogP contribution in [0.25, 0.3) is 0 Å². The van der Waals surface area contributed by atoms with E-state index in [1.54, 1.807) is 0 Å². The van der Waals surface area contributed by atoms with E-state index in [9.17, 15) is 0 Å². The summed E-state index contributed by atoms with van der Waals surface area (Å²) in [5, 5.41) is 0. The zero-order valence-electron chi connectivity index (χ0n) is 10.5. The lowest BCUT2D eigenvalue weighted by atomic mass is 10.1. The van der Waals surface area contributed by atoms with Crippen LogP contribution in [0.5, 0.6) is 0 Å². The smallest absolute Gasteiger partial charge is 0.0472 e. The molecule has 0 saturated heterocycles. The number of aryl methyl sites for hydroxylation is 2. The van der Waals surface area contributed by atoms with Crippen molar-refractivity contribution in [3.63, 3.8) is 0 Å². The van der Waals surface area contributed by atoms with Crippen LogP contribution in [0.3, 0.4) is 0 Å². The van der Waals surface area contributed by atoms with Crippen LogP contribution < -0.4 is 0 Å². The molecule has 0 aliphatic rings. The van der Waals surface area contributed by atoms with Crippen LogP contribution in [-0.4, -0.2) is 4.57 Å². The Morgan fingerprint density at radius 1 is 0.938 bits per heavy atom. The highest BCUT2D eigenvalue weighted by atomic mass is 15.0. The van der Waals surface area contributed by atoms with Crippen LogP contribution in [0.2, 0.25) is 0 Å². The minimum absolute atomic E-state index is 0.973. The van der Waals surface area contributed by atoms with Gasteiger partial charge >= 0.3 is 0 Å². The van der Waals surface area contributed by atoms with Crippen LogP contribution in [0.15, 0.2) is 30.5 Å². The van der Waals surface area contributed by atoms with Gasteiger partial charge in [0.25, 0.3) is 0 Å². The van der Waals surface area contributed by atoms with Crippen molar-refractivity contribution in [3.8, 4) is 0 Å². The van der Waals surface area contributed by atoms with E-state index in [0.29, 0.717) is 0 Å². The maximum absolute atomic E-state index is 2.33. The Hall–Kier alpha value is -1.50. The zero-order valence-corrected chi connectivity index (χ0v) is 10.5. The Balaban J connectivity index is 2.27. The number of hydrogen-bond donors (Lipinski definition) is 0. The first-order valence-electron chi connectivity index (χ1n) is 5.76. The molecule has 0 atom stereocenters. The Morgan fingerprint density at radius 3 is 2.06 bits per heavy atom. The average Bonchev–Trinajstić information content (AvgIpc) is 2.50. The van der Waals surface area contributed by atoms with Crippen molar-refractivity contribution in [1.29, 1.82) is 0 Å². The summed E-state index contributed by atoms with van der Waals surface area (Å²) in [4.78, 5) is 0. The van der Waals surface area contributed by atoms with E-state index in [1.165, 1.54) is 27.9 Å². The Labute approximate surface area is 97.7 Å². The minimum Gasteiger partial charge on any atom is -0.347 e. The Bertz CT molecular complexity index is 489. The predicted octanol–water partition coefficient (Wildman–Crippen LogP) is 3.77. The lowest BCUT2D eigenvalue weighted by molar-refractivity contribution is 0.772. The van der Waals surface area contributed by atoms with E-state index in [-0.39, 0.29) is 0 Å². The van der Waals surface area contributed by atoms with Gasteiger partial charge in [0.05, 0.1) is 0 Å². The highest BCUT2D eigenvalue weighted by Crippen LogP contribution is 2.16.